The van der Waals surface area contributed by atoms with Gasteiger partial charge in [0.25, 0.3) is 6.43 Å². The van der Waals surface area contributed by atoms with Gasteiger partial charge in [0, 0.05) is 16.6 Å². The van der Waals surface area contributed by atoms with Crippen LogP contribution in [0.25, 0.3) is 10.9 Å². The summed E-state index contributed by atoms with van der Waals surface area (Å²) >= 11 is 0. The van der Waals surface area contributed by atoms with Crippen molar-refractivity contribution in [1.29, 1.82) is 0 Å². The van der Waals surface area contributed by atoms with E-state index < -0.39 is 6.43 Å². The van der Waals surface area contributed by atoms with Crippen LogP contribution in [0.3, 0.4) is 0 Å². The maximum atomic E-state index is 12.7. The minimum Gasteiger partial charge on any atom is -0.340 e. The van der Waals surface area contributed by atoms with Crippen LogP contribution < -0.4 is 5.32 Å². The fourth-order valence-electron chi connectivity index (χ4n) is 2.22. The van der Waals surface area contributed by atoms with Gasteiger partial charge < -0.3 is 5.32 Å². The number of para-hydroxylation sites is 1. The molecule has 3 rings (SSSR count). The Bertz CT molecular complexity index is 787. The maximum absolute atomic E-state index is 12.7. The Morgan fingerprint density at radius 1 is 1.05 bits per heavy atom. The normalized spacial score (nSPS) is 11.0. The van der Waals surface area contributed by atoms with Gasteiger partial charge in [0.2, 0.25) is 0 Å². The third-order valence-corrected chi connectivity index (χ3v) is 3.27. The number of alkyl halides is 2. The fourth-order valence-corrected chi connectivity index (χ4v) is 2.22. The third kappa shape index (κ3) is 2.67. The van der Waals surface area contributed by atoms with E-state index in [1.54, 1.807) is 12.1 Å². The number of hydrogen-bond acceptors (Lipinski definition) is 3. The van der Waals surface area contributed by atoms with E-state index in [2.05, 4.69) is 15.3 Å². The zero-order chi connectivity index (χ0) is 14.8. The standard InChI is InChI=1S/C16H13F2N3/c1-10-4-2-7-13-14(10)19-9-20-16(13)21-12-6-3-5-11(8-12)15(17)18/h2-9,15H,1H3,(H,19,20,21). The summed E-state index contributed by atoms with van der Waals surface area (Å²) < 4.78 is 25.5. The van der Waals surface area contributed by atoms with Crippen LogP contribution in [0.15, 0.2) is 48.8 Å². The molecule has 0 unspecified atom stereocenters. The molecule has 0 radical (unpaired) electrons. The first-order valence-electron chi connectivity index (χ1n) is 6.50. The molecule has 0 fully saturated rings. The molecule has 5 heteroatoms. The second kappa shape index (κ2) is 5.44. The van der Waals surface area contributed by atoms with Crippen molar-refractivity contribution < 1.29 is 8.78 Å². The van der Waals surface area contributed by atoms with Gasteiger partial charge in [0.15, 0.2) is 0 Å². The summed E-state index contributed by atoms with van der Waals surface area (Å²) in [5.74, 6) is 0.607. The van der Waals surface area contributed by atoms with Gasteiger partial charge in [-0.1, -0.05) is 24.3 Å². The van der Waals surface area contributed by atoms with Crippen LogP contribution in [0, 0.1) is 6.92 Å². The van der Waals surface area contributed by atoms with Crippen molar-refractivity contribution in [3.05, 3.63) is 59.9 Å². The topological polar surface area (TPSA) is 37.8 Å². The third-order valence-electron chi connectivity index (χ3n) is 3.27. The lowest BCUT2D eigenvalue weighted by Gasteiger charge is -2.10. The lowest BCUT2D eigenvalue weighted by atomic mass is 10.1. The SMILES string of the molecule is Cc1cccc2c(Nc3cccc(C(F)F)c3)ncnc12. The summed E-state index contributed by atoms with van der Waals surface area (Å²) in [6.07, 6.45) is -1.02. The lowest BCUT2D eigenvalue weighted by Crippen LogP contribution is -1.97. The number of nitrogens with zero attached hydrogens (tertiary/aromatic N) is 2. The summed E-state index contributed by atoms with van der Waals surface area (Å²) in [5.41, 5.74) is 2.45. The van der Waals surface area contributed by atoms with Crippen molar-refractivity contribution >= 4 is 22.4 Å². The molecule has 0 amide bonds. The number of nitrogens with one attached hydrogen (secondary N) is 1. The highest BCUT2D eigenvalue weighted by molar-refractivity contribution is 5.92. The van der Waals surface area contributed by atoms with E-state index in [1.165, 1.54) is 18.5 Å². The van der Waals surface area contributed by atoms with Gasteiger partial charge in [-0.15, -0.1) is 0 Å². The Morgan fingerprint density at radius 2 is 1.86 bits per heavy atom. The van der Waals surface area contributed by atoms with Gasteiger partial charge in [-0.25, -0.2) is 18.7 Å². The van der Waals surface area contributed by atoms with Crippen LogP contribution >= 0.6 is 0 Å². The summed E-state index contributed by atoms with van der Waals surface area (Å²) in [7, 11) is 0. The average molecular weight is 285 g/mol. The molecular weight excluding hydrogens is 272 g/mol. The summed E-state index contributed by atoms with van der Waals surface area (Å²) in [5, 5.41) is 3.95. The van der Waals surface area contributed by atoms with Crippen molar-refractivity contribution in [3.8, 4) is 0 Å². The Morgan fingerprint density at radius 3 is 2.67 bits per heavy atom. The van der Waals surface area contributed by atoms with E-state index in [9.17, 15) is 8.78 Å². The maximum Gasteiger partial charge on any atom is 0.263 e. The minimum atomic E-state index is -2.49. The van der Waals surface area contributed by atoms with Gasteiger partial charge >= 0.3 is 0 Å². The Kier molecular flexibility index (Phi) is 3.48. The largest absolute Gasteiger partial charge is 0.340 e. The summed E-state index contributed by atoms with van der Waals surface area (Å²) in [4.78, 5) is 8.47. The smallest absolute Gasteiger partial charge is 0.263 e. The first-order valence-corrected chi connectivity index (χ1v) is 6.50. The predicted octanol–water partition coefficient (Wildman–Crippen LogP) is 4.62. The molecule has 0 aliphatic carbocycles. The van der Waals surface area contributed by atoms with Crippen molar-refractivity contribution in [2.75, 3.05) is 5.32 Å². The van der Waals surface area contributed by atoms with Crippen LogP contribution in [0.4, 0.5) is 20.3 Å². The van der Waals surface area contributed by atoms with Gasteiger partial charge in [0.05, 0.1) is 5.52 Å². The second-order valence-electron chi connectivity index (χ2n) is 4.74. The number of aryl methyl sites for hydroxylation is 1. The average Bonchev–Trinajstić information content (AvgIpc) is 2.49. The van der Waals surface area contributed by atoms with E-state index in [0.29, 0.717) is 11.5 Å². The number of anilines is 2. The molecule has 1 aromatic heterocycles. The minimum absolute atomic E-state index is 0.0189. The van der Waals surface area contributed by atoms with E-state index in [0.717, 1.165) is 16.5 Å². The molecule has 0 aliphatic rings. The number of fused-ring (bicyclic) bond motifs is 1. The molecule has 0 aliphatic heterocycles. The first-order chi connectivity index (χ1) is 10.1. The summed E-state index contributed by atoms with van der Waals surface area (Å²) in [6, 6.07) is 11.9. The molecular formula is C16H13F2N3. The molecule has 3 nitrogen and oxygen atoms in total. The van der Waals surface area contributed by atoms with E-state index in [1.807, 2.05) is 25.1 Å². The zero-order valence-corrected chi connectivity index (χ0v) is 11.3. The second-order valence-corrected chi connectivity index (χ2v) is 4.74. The van der Waals surface area contributed by atoms with Crippen LogP contribution in [0.5, 0.6) is 0 Å². The van der Waals surface area contributed by atoms with Crippen molar-refractivity contribution in [1.82, 2.24) is 9.97 Å². The molecule has 3 aromatic rings. The monoisotopic (exact) mass is 285 g/mol. The van der Waals surface area contributed by atoms with Gasteiger partial charge in [0.1, 0.15) is 12.1 Å². The molecule has 0 atom stereocenters. The number of benzene rings is 2. The van der Waals surface area contributed by atoms with Gasteiger partial charge in [-0.05, 0) is 30.7 Å². The highest BCUT2D eigenvalue weighted by atomic mass is 19.3. The molecule has 0 bridgehead atoms. The molecule has 0 saturated heterocycles. The fraction of sp³-hybridized carbons (Fsp3) is 0.125. The van der Waals surface area contributed by atoms with Gasteiger partial charge in [-0.3, -0.25) is 0 Å². The molecule has 2 aromatic carbocycles. The van der Waals surface area contributed by atoms with Crippen molar-refractivity contribution in [3.63, 3.8) is 0 Å². The van der Waals surface area contributed by atoms with E-state index >= 15 is 0 Å². The van der Waals surface area contributed by atoms with E-state index in [4.69, 9.17) is 0 Å². The van der Waals surface area contributed by atoms with Crippen molar-refractivity contribution in [2.45, 2.75) is 13.3 Å². The highest BCUT2D eigenvalue weighted by Gasteiger charge is 2.09. The molecule has 0 saturated carbocycles. The van der Waals surface area contributed by atoms with E-state index in [-0.39, 0.29) is 5.56 Å². The Hall–Kier alpha value is -2.56. The number of rotatable bonds is 3. The number of halogens is 2. The van der Waals surface area contributed by atoms with Crippen LogP contribution in [-0.4, -0.2) is 9.97 Å². The van der Waals surface area contributed by atoms with Crippen LogP contribution in [-0.2, 0) is 0 Å². The summed E-state index contributed by atoms with van der Waals surface area (Å²) in [6.45, 7) is 1.97. The quantitative estimate of drug-likeness (QED) is 0.763. The molecule has 21 heavy (non-hydrogen) atoms. The van der Waals surface area contributed by atoms with Crippen LogP contribution in [0.2, 0.25) is 0 Å². The zero-order valence-electron chi connectivity index (χ0n) is 11.3. The highest BCUT2D eigenvalue weighted by Crippen LogP contribution is 2.27. The Labute approximate surface area is 120 Å². The molecule has 1 heterocycles. The van der Waals surface area contributed by atoms with Gasteiger partial charge in [-0.2, -0.15) is 0 Å². The van der Waals surface area contributed by atoms with Crippen LogP contribution in [0.1, 0.15) is 17.6 Å². The Balaban J connectivity index is 2.02. The molecule has 106 valence electrons. The van der Waals surface area contributed by atoms with Crippen molar-refractivity contribution in [2.24, 2.45) is 0 Å². The molecule has 0 spiro atoms. The predicted molar refractivity (Wildman–Crippen MR) is 79.0 cm³/mol. The molecule has 1 N–H and O–H groups in total. The first kappa shape index (κ1) is 13.4. The lowest BCUT2D eigenvalue weighted by molar-refractivity contribution is 0.151. The number of aromatic nitrogens is 2. The number of hydrogen-bond donors (Lipinski definition) is 1.